The topological polar surface area (TPSA) is 92.5 Å². The van der Waals surface area contributed by atoms with Crippen LogP contribution in [0.15, 0.2) is 52.4 Å². The highest BCUT2D eigenvalue weighted by Gasteiger charge is 2.27. The Bertz CT molecular complexity index is 995. The molecule has 2 N–H and O–H groups in total. The second-order valence-electron chi connectivity index (χ2n) is 7.29. The monoisotopic (exact) mass is 379 g/mol. The van der Waals surface area contributed by atoms with E-state index >= 15 is 0 Å². The first-order valence-corrected chi connectivity index (χ1v) is 9.07. The second kappa shape index (κ2) is 6.99. The average molecular weight is 379 g/mol. The van der Waals surface area contributed by atoms with Crippen LogP contribution in [0, 0.1) is 0 Å². The third-order valence-electron chi connectivity index (χ3n) is 4.45. The number of carbonyl (C=O) groups excluding carboxylic acids is 1. The number of ether oxygens (including phenoxy) is 2. The molecule has 0 unspecified atom stereocenters. The molecule has 2 aliphatic rings. The van der Waals surface area contributed by atoms with Crippen molar-refractivity contribution in [2.75, 3.05) is 25.1 Å². The number of aromatic hydroxyl groups is 1. The number of nitrogens with one attached hydrogen (secondary N) is 1. The van der Waals surface area contributed by atoms with E-state index in [2.05, 4.69) is 15.3 Å². The quantitative estimate of drug-likeness (QED) is 0.854. The van der Waals surface area contributed by atoms with Crippen LogP contribution in [0.2, 0.25) is 0 Å². The van der Waals surface area contributed by atoms with Crippen LogP contribution in [0.25, 0.3) is 0 Å². The first kappa shape index (κ1) is 18.0. The van der Waals surface area contributed by atoms with Crippen molar-refractivity contribution in [2.24, 2.45) is 9.98 Å². The summed E-state index contributed by atoms with van der Waals surface area (Å²) in [5.74, 6) is 0.408. The molecule has 0 saturated carbocycles. The van der Waals surface area contributed by atoms with E-state index in [9.17, 15) is 9.90 Å². The van der Waals surface area contributed by atoms with Crippen LogP contribution in [-0.4, -0.2) is 48.1 Å². The van der Waals surface area contributed by atoms with Gasteiger partial charge in [-0.2, -0.15) is 0 Å². The van der Waals surface area contributed by atoms with Gasteiger partial charge < -0.3 is 19.9 Å². The molecule has 2 heterocycles. The zero-order valence-corrected chi connectivity index (χ0v) is 15.7. The molecule has 0 aromatic heterocycles. The zero-order valence-electron chi connectivity index (χ0n) is 15.7. The van der Waals surface area contributed by atoms with E-state index in [1.165, 1.54) is 6.07 Å². The van der Waals surface area contributed by atoms with E-state index in [-0.39, 0.29) is 16.9 Å². The zero-order chi connectivity index (χ0) is 19.7. The predicted octanol–water partition coefficient (Wildman–Crippen LogP) is 2.98. The fourth-order valence-corrected chi connectivity index (χ4v) is 3.06. The summed E-state index contributed by atoms with van der Waals surface area (Å²) in [7, 11) is 0. The summed E-state index contributed by atoms with van der Waals surface area (Å²) in [4.78, 5) is 21.5. The van der Waals surface area contributed by atoms with Gasteiger partial charge in [-0.1, -0.05) is 12.1 Å². The minimum absolute atomic E-state index is 0.141. The summed E-state index contributed by atoms with van der Waals surface area (Å²) in [6.45, 7) is 5.55. The lowest BCUT2D eigenvalue weighted by Crippen LogP contribution is -2.17. The number of phenolic OH excluding ortho intramolecular Hbond substituents is 1. The third-order valence-corrected chi connectivity index (χ3v) is 4.45. The van der Waals surface area contributed by atoms with Crippen LogP contribution in [0.3, 0.4) is 0 Å². The fourth-order valence-electron chi connectivity index (χ4n) is 3.06. The smallest absolute Gasteiger partial charge is 0.259 e. The minimum Gasteiger partial charge on any atom is -0.507 e. The largest absolute Gasteiger partial charge is 0.507 e. The van der Waals surface area contributed by atoms with Gasteiger partial charge in [0.1, 0.15) is 19.0 Å². The summed E-state index contributed by atoms with van der Waals surface area (Å²) < 4.78 is 11.1. The Morgan fingerprint density at radius 3 is 2.64 bits per heavy atom. The number of anilines is 1. The number of amides is 1. The lowest BCUT2D eigenvalue weighted by atomic mass is 10.1. The summed E-state index contributed by atoms with van der Waals surface area (Å²) in [5.41, 5.74) is 1.78. The van der Waals surface area contributed by atoms with Crippen molar-refractivity contribution < 1.29 is 19.4 Å². The van der Waals surface area contributed by atoms with Crippen LogP contribution in [0.4, 0.5) is 5.69 Å². The number of benzene rings is 2. The van der Waals surface area contributed by atoms with E-state index in [1.807, 2.05) is 32.0 Å². The summed E-state index contributed by atoms with van der Waals surface area (Å²) >= 11 is 0. The van der Waals surface area contributed by atoms with Gasteiger partial charge >= 0.3 is 0 Å². The standard InChI is InChI=1S/C21H21N3O4/c1-21(2)12-28-19(24-21)13-7-8-15(17(25)11-13)18(26)23-16-6-4-3-5-14(16)20-22-9-10-27-20/h3-8,11,25H,9-10,12H2,1-2H3,(H,23,26). The van der Waals surface area contributed by atoms with Crippen molar-refractivity contribution in [3.05, 3.63) is 59.2 Å². The highest BCUT2D eigenvalue weighted by atomic mass is 16.5. The maximum Gasteiger partial charge on any atom is 0.259 e. The van der Waals surface area contributed by atoms with E-state index in [0.29, 0.717) is 48.4 Å². The number of aliphatic imine (C=N–C) groups is 2. The molecular formula is C21H21N3O4. The molecule has 0 saturated heterocycles. The third kappa shape index (κ3) is 3.55. The Kier molecular flexibility index (Phi) is 4.50. The molecule has 144 valence electrons. The molecule has 28 heavy (non-hydrogen) atoms. The van der Waals surface area contributed by atoms with Gasteiger partial charge in [0.25, 0.3) is 5.91 Å². The van der Waals surface area contributed by atoms with Gasteiger partial charge in [0.2, 0.25) is 11.8 Å². The van der Waals surface area contributed by atoms with Crippen LogP contribution >= 0.6 is 0 Å². The number of carbonyl (C=O) groups is 1. The fraction of sp³-hybridized carbons (Fsp3) is 0.286. The minimum atomic E-state index is -0.426. The van der Waals surface area contributed by atoms with Crippen LogP contribution in [0.5, 0.6) is 5.75 Å². The van der Waals surface area contributed by atoms with Crippen LogP contribution in [0.1, 0.15) is 35.3 Å². The first-order chi connectivity index (χ1) is 13.4. The van der Waals surface area contributed by atoms with Crippen LogP contribution in [-0.2, 0) is 9.47 Å². The van der Waals surface area contributed by atoms with Gasteiger partial charge in [0.05, 0.1) is 28.9 Å². The normalized spacial score (nSPS) is 17.4. The van der Waals surface area contributed by atoms with Crippen LogP contribution < -0.4 is 5.32 Å². The highest BCUT2D eigenvalue weighted by Crippen LogP contribution is 2.26. The Balaban J connectivity index is 1.57. The SMILES string of the molecule is CC1(C)COC(c2ccc(C(=O)Nc3ccccc3C3=NCCO3)c(O)c2)=N1. The molecule has 0 spiro atoms. The predicted molar refractivity (Wildman–Crippen MR) is 106 cm³/mol. The molecule has 4 rings (SSSR count). The van der Waals surface area contributed by atoms with Gasteiger partial charge in [-0.25, -0.2) is 9.98 Å². The number of para-hydroxylation sites is 1. The van der Waals surface area contributed by atoms with Crippen molar-refractivity contribution in [1.82, 2.24) is 0 Å². The van der Waals surface area contributed by atoms with E-state index in [1.54, 1.807) is 18.2 Å². The second-order valence-corrected chi connectivity index (χ2v) is 7.29. The molecule has 7 heteroatoms. The van der Waals surface area contributed by atoms with Gasteiger partial charge in [-0.15, -0.1) is 0 Å². The van der Waals surface area contributed by atoms with Crippen molar-refractivity contribution >= 4 is 23.4 Å². The van der Waals surface area contributed by atoms with Crippen molar-refractivity contribution in [3.63, 3.8) is 0 Å². The molecule has 7 nitrogen and oxygen atoms in total. The highest BCUT2D eigenvalue weighted by molar-refractivity contribution is 6.10. The Labute approximate surface area is 162 Å². The molecule has 0 bridgehead atoms. The van der Waals surface area contributed by atoms with E-state index in [4.69, 9.17) is 9.47 Å². The number of hydrogen-bond acceptors (Lipinski definition) is 6. The first-order valence-electron chi connectivity index (χ1n) is 9.07. The number of rotatable bonds is 4. The Morgan fingerprint density at radius 1 is 1.14 bits per heavy atom. The lowest BCUT2D eigenvalue weighted by molar-refractivity contribution is 0.102. The molecule has 0 fully saturated rings. The van der Waals surface area contributed by atoms with Gasteiger partial charge in [-0.05, 0) is 44.2 Å². The summed E-state index contributed by atoms with van der Waals surface area (Å²) in [6, 6.07) is 12.0. The molecule has 0 aliphatic carbocycles. The lowest BCUT2D eigenvalue weighted by Gasteiger charge is -2.12. The molecule has 2 aromatic rings. The molecule has 2 aliphatic heterocycles. The molecule has 0 atom stereocenters. The van der Waals surface area contributed by atoms with Gasteiger partial charge in [0, 0.05) is 5.56 Å². The maximum atomic E-state index is 12.7. The molecule has 0 radical (unpaired) electrons. The van der Waals surface area contributed by atoms with Crippen molar-refractivity contribution in [1.29, 1.82) is 0 Å². The molecule has 2 aromatic carbocycles. The van der Waals surface area contributed by atoms with Gasteiger partial charge in [0.15, 0.2) is 0 Å². The van der Waals surface area contributed by atoms with E-state index < -0.39 is 5.91 Å². The number of nitrogens with zero attached hydrogens (tertiary/aromatic N) is 2. The average Bonchev–Trinajstić information content (AvgIpc) is 3.31. The van der Waals surface area contributed by atoms with Gasteiger partial charge in [-0.3, -0.25) is 4.79 Å². The Hall–Kier alpha value is -3.35. The van der Waals surface area contributed by atoms with Crippen molar-refractivity contribution in [3.8, 4) is 5.75 Å². The molecular weight excluding hydrogens is 358 g/mol. The Morgan fingerprint density at radius 2 is 1.96 bits per heavy atom. The van der Waals surface area contributed by atoms with Crippen molar-refractivity contribution in [2.45, 2.75) is 19.4 Å². The number of hydrogen-bond donors (Lipinski definition) is 2. The maximum absolute atomic E-state index is 12.7. The summed E-state index contributed by atoms with van der Waals surface area (Å²) in [5, 5.41) is 13.2. The number of phenols is 1. The molecule has 1 amide bonds. The summed E-state index contributed by atoms with van der Waals surface area (Å²) in [6.07, 6.45) is 0. The van der Waals surface area contributed by atoms with E-state index in [0.717, 1.165) is 0 Å².